The fraction of sp³-hybridized carbons (Fsp3) is 0.400. The van der Waals surface area contributed by atoms with E-state index in [4.69, 9.17) is 4.74 Å². The molecule has 2 aromatic rings. The lowest BCUT2D eigenvalue weighted by molar-refractivity contribution is 0.0588. The number of carbonyl (C=O) groups excluding carboxylic acids is 2. The Kier molecular flexibility index (Phi) is 6.71. The van der Waals surface area contributed by atoms with E-state index >= 15 is 0 Å². The van der Waals surface area contributed by atoms with E-state index in [0.29, 0.717) is 0 Å². The van der Waals surface area contributed by atoms with Crippen molar-refractivity contribution in [2.24, 2.45) is 0 Å². The molecule has 1 aromatic heterocycles. The normalized spacial score (nSPS) is 11.7. The number of benzene rings is 1. The van der Waals surface area contributed by atoms with Crippen LogP contribution in [0.25, 0.3) is 0 Å². The van der Waals surface area contributed by atoms with Crippen molar-refractivity contribution in [2.75, 3.05) is 7.11 Å². The Morgan fingerprint density at radius 3 is 2.33 bits per heavy atom. The number of nitrogens with zero attached hydrogens (tertiary/aromatic N) is 2. The summed E-state index contributed by atoms with van der Waals surface area (Å²) in [5.74, 6) is -1.60. The summed E-state index contributed by atoms with van der Waals surface area (Å²) in [4.78, 5) is 41.5. The van der Waals surface area contributed by atoms with Crippen LogP contribution in [0, 0.1) is 0 Å². The molecule has 10 heteroatoms. The number of methoxy groups -OCH3 is 1. The van der Waals surface area contributed by atoms with Crippen molar-refractivity contribution in [3.63, 3.8) is 0 Å². The smallest absolute Gasteiger partial charge is 0.408 e. The highest BCUT2D eigenvalue weighted by Gasteiger charge is 2.36. The van der Waals surface area contributed by atoms with Crippen molar-refractivity contribution in [3.05, 3.63) is 57.8 Å². The topological polar surface area (TPSA) is 120 Å². The minimum atomic E-state index is -2.42. The zero-order chi connectivity index (χ0) is 22.7. The second-order valence-electron chi connectivity index (χ2n) is 8.25. The molecule has 1 amide bonds. The zero-order valence-electron chi connectivity index (χ0n) is 18.0. The lowest BCUT2D eigenvalue weighted by Gasteiger charge is -2.33. The fourth-order valence-corrected chi connectivity index (χ4v) is 4.54. The van der Waals surface area contributed by atoms with E-state index in [0.717, 1.165) is 12.7 Å². The molecule has 0 fully saturated rings. The van der Waals surface area contributed by atoms with Crippen LogP contribution < -0.4 is 10.9 Å². The van der Waals surface area contributed by atoms with Gasteiger partial charge in [-0.1, -0.05) is 50.0 Å². The maximum absolute atomic E-state index is 12.9. The zero-order valence-corrected chi connectivity index (χ0v) is 19.0. The summed E-state index contributed by atoms with van der Waals surface area (Å²) in [7, 11) is -1.29. The third-order valence-electron chi connectivity index (χ3n) is 4.30. The number of aromatic nitrogens is 2. The van der Waals surface area contributed by atoms with Crippen molar-refractivity contribution < 1.29 is 24.2 Å². The van der Waals surface area contributed by atoms with Crippen molar-refractivity contribution in [3.8, 4) is 5.75 Å². The number of hydrogen-bond acceptors (Lipinski definition) is 7. The van der Waals surface area contributed by atoms with Gasteiger partial charge in [-0.15, -0.1) is 0 Å². The molecule has 9 nitrogen and oxygen atoms in total. The second kappa shape index (κ2) is 8.70. The number of aromatic hydroxyl groups is 1. The molecule has 2 rings (SSSR count). The van der Waals surface area contributed by atoms with Crippen LogP contribution in [0.1, 0.15) is 35.7 Å². The summed E-state index contributed by atoms with van der Waals surface area (Å²) >= 11 is 0. The number of esters is 1. The number of alkyl carbamates (subject to hydrolysis) is 1. The molecule has 0 radical (unpaired) electrons. The third-order valence-corrected chi connectivity index (χ3v) is 6.05. The highest BCUT2D eigenvalue weighted by Crippen LogP contribution is 2.24. The highest BCUT2D eigenvalue weighted by molar-refractivity contribution is 6.74. The van der Waals surface area contributed by atoms with Gasteiger partial charge in [0.25, 0.3) is 5.56 Å². The quantitative estimate of drug-likeness (QED) is 0.531. The van der Waals surface area contributed by atoms with Gasteiger partial charge in [0.05, 0.1) is 12.6 Å². The average Bonchev–Trinajstić information content (AvgIpc) is 2.67. The summed E-state index contributed by atoms with van der Waals surface area (Å²) in [5, 5.41) is 12.9. The third kappa shape index (κ3) is 5.06. The van der Waals surface area contributed by atoms with Crippen LogP contribution in [0.15, 0.2) is 35.1 Å². The molecular weight excluding hydrogens is 406 g/mol. The van der Waals surface area contributed by atoms with Gasteiger partial charge < -0.3 is 24.1 Å². The van der Waals surface area contributed by atoms with Crippen LogP contribution in [0.5, 0.6) is 5.75 Å². The van der Waals surface area contributed by atoms with E-state index in [9.17, 15) is 19.5 Å². The lowest BCUT2D eigenvalue weighted by Crippen LogP contribution is -2.52. The summed E-state index contributed by atoms with van der Waals surface area (Å²) in [6.07, 6.45) is -0.715. The molecule has 1 aromatic carbocycles. The van der Waals surface area contributed by atoms with Crippen molar-refractivity contribution in [2.45, 2.75) is 45.6 Å². The van der Waals surface area contributed by atoms with Crippen LogP contribution >= 0.6 is 0 Å². The Morgan fingerprint density at radius 1 is 1.20 bits per heavy atom. The van der Waals surface area contributed by atoms with Gasteiger partial charge in [-0.3, -0.25) is 4.79 Å². The van der Waals surface area contributed by atoms with Crippen LogP contribution in [0.2, 0.25) is 19.6 Å². The summed E-state index contributed by atoms with van der Waals surface area (Å²) < 4.78 is 11.3. The maximum Gasteiger partial charge on any atom is 0.408 e. The predicted octanol–water partition coefficient (Wildman–Crippen LogP) is 2.58. The molecule has 0 saturated heterocycles. The van der Waals surface area contributed by atoms with Gasteiger partial charge >= 0.3 is 12.1 Å². The second-order valence-corrected chi connectivity index (χ2v) is 13.0. The molecule has 0 spiro atoms. The van der Waals surface area contributed by atoms with Gasteiger partial charge in [-0.2, -0.15) is 0 Å². The minimum Gasteiger partial charge on any atom is -0.501 e. The van der Waals surface area contributed by atoms with Gasteiger partial charge in [-0.05, 0) is 19.4 Å². The first kappa shape index (κ1) is 23.1. The number of rotatable bonds is 6. The first-order chi connectivity index (χ1) is 13.9. The largest absolute Gasteiger partial charge is 0.501 e. The van der Waals surface area contributed by atoms with Crippen LogP contribution in [-0.2, 0) is 21.6 Å². The number of nitrogens with one attached hydrogen (secondary N) is 1. The lowest BCUT2D eigenvalue weighted by atomic mass is 10.0. The number of amides is 1. The summed E-state index contributed by atoms with van der Waals surface area (Å²) in [6.45, 7) is 8.96. The van der Waals surface area contributed by atoms with Crippen LogP contribution in [0.3, 0.4) is 0 Å². The van der Waals surface area contributed by atoms with Gasteiger partial charge in [0.15, 0.2) is 13.9 Å². The molecule has 0 saturated carbocycles. The summed E-state index contributed by atoms with van der Waals surface area (Å²) in [5.41, 5.74) is -1.63. The molecule has 30 heavy (non-hydrogen) atoms. The van der Waals surface area contributed by atoms with E-state index in [1.54, 1.807) is 13.8 Å². The molecule has 2 N–H and O–H groups in total. The number of ether oxygens (including phenoxy) is 2. The highest BCUT2D eigenvalue weighted by atomic mass is 28.3. The molecule has 0 atom stereocenters. The Hall–Kier alpha value is -3.14. The number of hydrogen-bond donors (Lipinski definition) is 2. The Bertz CT molecular complexity index is 996. The standard InChI is InChI=1S/C20H27N3O6Si/c1-20(2,22-19(27)29-12-13-10-8-7-9-11-13)18-21-14(17(26)28-3)15(24)16(25)23(18)30(4,5)6/h7-11,24H,12H2,1-6H3,(H,22,27). The molecule has 0 bridgehead atoms. The van der Waals surface area contributed by atoms with E-state index in [-0.39, 0.29) is 12.4 Å². The van der Waals surface area contributed by atoms with Crippen molar-refractivity contribution in [1.82, 2.24) is 14.5 Å². The van der Waals surface area contributed by atoms with Crippen molar-refractivity contribution in [1.29, 1.82) is 0 Å². The first-order valence-corrected chi connectivity index (χ1v) is 12.8. The molecule has 162 valence electrons. The maximum atomic E-state index is 12.9. The van der Waals surface area contributed by atoms with E-state index in [1.165, 1.54) is 4.23 Å². The van der Waals surface area contributed by atoms with Crippen LogP contribution in [0.4, 0.5) is 4.79 Å². The van der Waals surface area contributed by atoms with E-state index < -0.39 is 42.8 Å². The van der Waals surface area contributed by atoms with Crippen molar-refractivity contribution >= 4 is 20.3 Å². The Labute approximate surface area is 175 Å². The predicted molar refractivity (Wildman–Crippen MR) is 113 cm³/mol. The molecule has 0 aliphatic rings. The monoisotopic (exact) mass is 433 g/mol. The number of carbonyl (C=O) groups is 2. The Morgan fingerprint density at radius 2 is 1.80 bits per heavy atom. The van der Waals surface area contributed by atoms with Gasteiger partial charge in [-0.25, -0.2) is 14.6 Å². The molecular formula is C20H27N3O6Si. The fourth-order valence-electron chi connectivity index (χ4n) is 2.86. The van der Waals surface area contributed by atoms with E-state index in [2.05, 4.69) is 15.0 Å². The SMILES string of the molecule is COC(=O)c1nc(C(C)(C)NC(=O)OCc2ccccc2)n([Si](C)(C)C)c(=O)c1O. The molecule has 0 unspecified atom stereocenters. The van der Waals surface area contributed by atoms with Gasteiger partial charge in [0, 0.05) is 0 Å². The Balaban J connectivity index is 2.43. The molecule has 1 heterocycles. The summed E-state index contributed by atoms with van der Waals surface area (Å²) in [6, 6.07) is 9.18. The van der Waals surface area contributed by atoms with E-state index in [1.807, 2.05) is 50.0 Å². The van der Waals surface area contributed by atoms with Gasteiger partial charge in [0.2, 0.25) is 5.75 Å². The molecule has 0 aliphatic carbocycles. The minimum absolute atomic E-state index is 0.0694. The first-order valence-electron chi connectivity index (χ1n) is 9.32. The van der Waals surface area contributed by atoms with Gasteiger partial charge in [0.1, 0.15) is 12.4 Å². The molecule has 0 aliphatic heterocycles. The average molecular weight is 434 g/mol. The van der Waals surface area contributed by atoms with Crippen LogP contribution in [-0.4, -0.2) is 41.7 Å².